The fourth-order valence-corrected chi connectivity index (χ4v) is 2.19. The van der Waals surface area contributed by atoms with Gasteiger partial charge in [0.15, 0.2) is 11.5 Å². The molecule has 0 radical (unpaired) electrons. The third-order valence-electron chi connectivity index (χ3n) is 3.20. The number of ether oxygens (including phenoxy) is 3. The van der Waals surface area contributed by atoms with E-state index < -0.39 is 17.4 Å². The number of Topliss-reactive ketones (excluding diaryl/α,β-unsaturated/α-hetero) is 1. The summed E-state index contributed by atoms with van der Waals surface area (Å²) in [6.07, 6.45) is -0.131. The summed E-state index contributed by atoms with van der Waals surface area (Å²) in [5.41, 5.74) is -1.39. The molecule has 1 unspecified atom stereocenters. The smallest absolute Gasteiger partial charge is 0.346 e. The molecule has 6 heteroatoms. The number of hydrogen-bond acceptors (Lipinski definition) is 6. The van der Waals surface area contributed by atoms with E-state index in [1.54, 1.807) is 6.07 Å². The molecule has 0 saturated heterocycles. The zero-order valence-electron chi connectivity index (χ0n) is 10.9. The highest BCUT2D eigenvalue weighted by molar-refractivity contribution is 6.18. The molecule has 1 aliphatic rings. The number of ketones is 1. The number of fused-ring (bicyclic) bond motifs is 1. The number of benzene rings is 1. The first-order valence-electron chi connectivity index (χ1n) is 5.58. The minimum absolute atomic E-state index is 0.131. The molecule has 0 spiro atoms. The molecule has 2 rings (SSSR count). The van der Waals surface area contributed by atoms with E-state index in [-0.39, 0.29) is 12.0 Å². The Morgan fingerprint density at radius 3 is 2.32 bits per heavy atom. The van der Waals surface area contributed by atoms with Gasteiger partial charge in [-0.05, 0) is 17.7 Å². The van der Waals surface area contributed by atoms with E-state index in [0.29, 0.717) is 17.1 Å². The van der Waals surface area contributed by atoms with E-state index >= 15 is 0 Å². The van der Waals surface area contributed by atoms with Gasteiger partial charge in [-0.15, -0.1) is 0 Å². The van der Waals surface area contributed by atoms with Crippen LogP contribution in [0.4, 0.5) is 0 Å². The normalized spacial score (nSPS) is 20.9. The molecular formula is C13H14O6. The van der Waals surface area contributed by atoms with Gasteiger partial charge in [0.1, 0.15) is 0 Å². The van der Waals surface area contributed by atoms with Crippen LogP contribution in [0.3, 0.4) is 0 Å². The van der Waals surface area contributed by atoms with Gasteiger partial charge in [-0.1, -0.05) is 0 Å². The van der Waals surface area contributed by atoms with Crippen molar-refractivity contribution in [1.82, 2.24) is 0 Å². The Labute approximate surface area is 109 Å². The Hall–Kier alpha value is -2.08. The first kappa shape index (κ1) is 13.4. The van der Waals surface area contributed by atoms with Crippen molar-refractivity contribution in [3.05, 3.63) is 23.3 Å². The van der Waals surface area contributed by atoms with Crippen molar-refractivity contribution in [2.75, 3.05) is 21.3 Å². The third-order valence-corrected chi connectivity index (χ3v) is 3.20. The average Bonchev–Trinajstić information content (AvgIpc) is 2.68. The van der Waals surface area contributed by atoms with Crippen molar-refractivity contribution < 1.29 is 28.9 Å². The Kier molecular flexibility index (Phi) is 3.20. The number of aliphatic hydroxyl groups is 1. The van der Waals surface area contributed by atoms with Crippen LogP contribution in [-0.4, -0.2) is 43.8 Å². The predicted octanol–water partition coefficient (Wildman–Crippen LogP) is 0.347. The SMILES string of the molecule is COC(=O)C1(O)Cc2cc(OC)c(OC)cc2C1=O. The van der Waals surface area contributed by atoms with Crippen molar-refractivity contribution in [2.45, 2.75) is 12.0 Å². The molecule has 19 heavy (non-hydrogen) atoms. The van der Waals surface area contributed by atoms with Crippen molar-refractivity contribution in [3.63, 3.8) is 0 Å². The molecule has 1 aromatic carbocycles. The zero-order valence-corrected chi connectivity index (χ0v) is 10.9. The van der Waals surface area contributed by atoms with Gasteiger partial charge in [-0.3, -0.25) is 4.79 Å². The number of esters is 1. The second-order valence-electron chi connectivity index (χ2n) is 4.22. The molecule has 6 nitrogen and oxygen atoms in total. The van der Waals surface area contributed by atoms with Gasteiger partial charge in [0.2, 0.25) is 11.4 Å². The van der Waals surface area contributed by atoms with E-state index in [9.17, 15) is 14.7 Å². The summed E-state index contributed by atoms with van der Waals surface area (Å²) in [6.45, 7) is 0. The Balaban J connectivity index is 2.52. The van der Waals surface area contributed by atoms with Crippen LogP contribution >= 0.6 is 0 Å². The van der Waals surface area contributed by atoms with Gasteiger partial charge in [-0.2, -0.15) is 0 Å². The predicted molar refractivity (Wildman–Crippen MR) is 64.5 cm³/mol. The van der Waals surface area contributed by atoms with E-state index in [2.05, 4.69) is 4.74 Å². The molecule has 0 saturated carbocycles. The second-order valence-corrected chi connectivity index (χ2v) is 4.22. The summed E-state index contributed by atoms with van der Waals surface area (Å²) in [5.74, 6) is -0.853. The van der Waals surface area contributed by atoms with E-state index in [4.69, 9.17) is 9.47 Å². The summed E-state index contributed by atoms with van der Waals surface area (Å²) in [6, 6.07) is 3.03. The summed E-state index contributed by atoms with van der Waals surface area (Å²) in [5, 5.41) is 10.2. The lowest BCUT2D eigenvalue weighted by atomic mass is 10.00. The Morgan fingerprint density at radius 2 is 1.79 bits per heavy atom. The second kappa shape index (κ2) is 4.55. The third kappa shape index (κ3) is 1.84. The Morgan fingerprint density at radius 1 is 1.21 bits per heavy atom. The van der Waals surface area contributed by atoms with E-state index in [1.165, 1.54) is 20.3 Å². The molecule has 0 fully saturated rings. The van der Waals surface area contributed by atoms with Crippen LogP contribution in [0.2, 0.25) is 0 Å². The van der Waals surface area contributed by atoms with Gasteiger partial charge in [0.05, 0.1) is 21.3 Å². The minimum atomic E-state index is -2.16. The van der Waals surface area contributed by atoms with Crippen LogP contribution in [-0.2, 0) is 16.0 Å². The molecule has 102 valence electrons. The fraction of sp³-hybridized carbons (Fsp3) is 0.385. The van der Waals surface area contributed by atoms with Crippen LogP contribution in [0.5, 0.6) is 11.5 Å². The molecule has 1 aromatic rings. The number of rotatable bonds is 3. The maximum absolute atomic E-state index is 12.1. The highest BCUT2D eigenvalue weighted by Crippen LogP contribution is 2.38. The largest absolute Gasteiger partial charge is 0.493 e. The molecular weight excluding hydrogens is 252 g/mol. The van der Waals surface area contributed by atoms with Gasteiger partial charge in [0.25, 0.3) is 0 Å². The van der Waals surface area contributed by atoms with Crippen LogP contribution in [0.25, 0.3) is 0 Å². The van der Waals surface area contributed by atoms with Crippen LogP contribution in [0.15, 0.2) is 12.1 Å². The summed E-state index contributed by atoms with van der Waals surface area (Å²) >= 11 is 0. The van der Waals surface area contributed by atoms with Crippen molar-refractivity contribution >= 4 is 11.8 Å². The first-order valence-corrected chi connectivity index (χ1v) is 5.58. The standard InChI is InChI=1S/C13H14O6/c1-17-9-4-7-6-13(16,12(15)19-3)11(14)8(7)5-10(9)18-2/h4-5,16H,6H2,1-3H3. The molecule has 0 aromatic heterocycles. The van der Waals surface area contributed by atoms with Crippen LogP contribution < -0.4 is 9.47 Å². The van der Waals surface area contributed by atoms with Crippen molar-refractivity contribution in [2.24, 2.45) is 0 Å². The lowest BCUT2D eigenvalue weighted by molar-refractivity contribution is -0.156. The maximum Gasteiger partial charge on any atom is 0.346 e. The first-order chi connectivity index (χ1) is 8.97. The minimum Gasteiger partial charge on any atom is -0.493 e. The van der Waals surface area contributed by atoms with Gasteiger partial charge in [0, 0.05) is 12.0 Å². The highest BCUT2D eigenvalue weighted by Gasteiger charge is 2.51. The summed E-state index contributed by atoms with van der Waals surface area (Å²) in [7, 11) is 4.03. The Bertz CT molecular complexity index is 550. The van der Waals surface area contributed by atoms with E-state index in [0.717, 1.165) is 7.11 Å². The fourth-order valence-electron chi connectivity index (χ4n) is 2.19. The molecule has 0 heterocycles. The molecule has 1 aliphatic carbocycles. The molecule has 1 N–H and O–H groups in total. The van der Waals surface area contributed by atoms with Gasteiger partial charge >= 0.3 is 5.97 Å². The summed E-state index contributed by atoms with van der Waals surface area (Å²) < 4.78 is 14.7. The highest BCUT2D eigenvalue weighted by atomic mass is 16.5. The topological polar surface area (TPSA) is 82.1 Å². The lowest BCUT2D eigenvalue weighted by Crippen LogP contribution is -2.45. The molecule has 0 amide bonds. The zero-order chi connectivity index (χ0) is 14.2. The number of carbonyl (C=O) groups excluding carboxylic acids is 2. The maximum atomic E-state index is 12.1. The monoisotopic (exact) mass is 266 g/mol. The number of carbonyl (C=O) groups is 2. The molecule has 0 bridgehead atoms. The van der Waals surface area contributed by atoms with Gasteiger partial charge in [-0.25, -0.2) is 4.79 Å². The summed E-state index contributed by atoms with van der Waals surface area (Å²) in [4.78, 5) is 23.7. The van der Waals surface area contributed by atoms with Crippen molar-refractivity contribution in [3.8, 4) is 11.5 Å². The molecule has 0 aliphatic heterocycles. The van der Waals surface area contributed by atoms with E-state index in [1.807, 2.05) is 0 Å². The van der Waals surface area contributed by atoms with Crippen molar-refractivity contribution in [1.29, 1.82) is 0 Å². The van der Waals surface area contributed by atoms with Crippen LogP contribution in [0.1, 0.15) is 15.9 Å². The average molecular weight is 266 g/mol. The number of hydrogen-bond donors (Lipinski definition) is 1. The van der Waals surface area contributed by atoms with Gasteiger partial charge < -0.3 is 19.3 Å². The quantitative estimate of drug-likeness (QED) is 0.628. The lowest BCUT2D eigenvalue weighted by Gasteiger charge is -2.16. The van der Waals surface area contributed by atoms with Crippen LogP contribution in [0, 0.1) is 0 Å². The number of methoxy groups -OCH3 is 3. The molecule has 1 atom stereocenters.